The molecule has 0 bridgehead atoms. The highest BCUT2D eigenvalue weighted by Crippen LogP contribution is 2.35. The SMILES string of the molecule is NC1CCC(CNc2ncc(Br)cc2C(F)(F)F)CC1. The molecule has 1 heterocycles. The van der Waals surface area contributed by atoms with E-state index < -0.39 is 11.7 Å². The van der Waals surface area contributed by atoms with E-state index in [1.54, 1.807) is 0 Å². The zero-order valence-corrected chi connectivity index (χ0v) is 12.5. The van der Waals surface area contributed by atoms with Gasteiger partial charge in [-0.05, 0) is 53.6 Å². The number of nitrogens with one attached hydrogen (secondary N) is 1. The van der Waals surface area contributed by atoms with E-state index in [0.717, 1.165) is 31.7 Å². The fourth-order valence-electron chi connectivity index (χ4n) is 2.43. The number of anilines is 1. The van der Waals surface area contributed by atoms with Crippen molar-refractivity contribution in [3.8, 4) is 0 Å². The molecule has 3 nitrogen and oxygen atoms in total. The summed E-state index contributed by atoms with van der Waals surface area (Å²) in [6.45, 7) is 0.504. The number of nitrogens with two attached hydrogens (primary N) is 1. The molecule has 0 aliphatic heterocycles. The molecule has 0 unspecified atom stereocenters. The second kappa shape index (κ2) is 6.30. The van der Waals surface area contributed by atoms with Gasteiger partial charge in [0, 0.05) is 23.3 Å². The summed E-state index contributed by atoms with van der Waals surface area (Å²) in [5, 5.41) is 2.84. The highest BCUT2D eigenvalue weighted by Gasteiger charge is 2.34. The third kappa shape index (κ3) is 4.09. The first-order chi connectivity index (χ1) is 9.36. The van der Waals surface area contributed by atoms with Crippen LogP contribution in [0, 0.1) is 5.92 Å². The zero-order valence-electron chi connectivity index (χ0n) is 10.9. The average Bonchev–Trinajstić information content (AvgIpc) is 2.38. The molecule has 0 radical (unpaired) electrons. The maximum Gasteiger partial charge on any atom is 0.419 e. The molecule has 0 spiro atoms. The Morgan fingerprint density at radius 2 is 1.95 bits per heavy atom. The lowest BCUT2D eigenvalue weighted by Crippen LogP contribution is -2.29. The Hall–Kier alpha value is -0.820. The number of alkyl halides is 3. The summed E-state index contributed by atoms with van der Waals surface area (Å²) in [6, 6.07) is 1.29. The molecule has 1 aromatic rings. The van der Waals surface area contributed by atoms with E-state index in [0.29, 0.717) is 16.9 Å². The molecule has 0 amide bonds. The normalized spacial score (nSPS) is 23.6. The van der Waals surface area contributed by atoms with Crippen LogP contribution in [0.25, 0.3) is 0 Å². The first kappa shape index (κ1) is 15.6. The Balaban J connectivity index is 2.02. The standard InChI is InChI=1S/C13H17BrF3N3/c14-9-5-11(13(15,16)17)12(20-7-9)19-6-8-1-3-10(18)4-2-8/h5,7-8,10H,1-4,6,18H2,(H,19,20). The number of rotatable bonds is 3. The van der Waals surface area contributed by atoms with Crippen LogP contribution < -0.4 is 11.1 Å². The number of hydrogen-bond acceptors (Lipinski definition) is 3. The van der Waals surface area contributed by atoms with Gasteiger partial charge in [0.05, 0.1) is 5.56 Å². The Morgan fingerprint density at radius 1 is 1.30 bits per heavy atom. The van der Waals surface area contributed by atoms with Crippen LogP contribution in [0.3, 0.4) is 0 Å². The molecule has 1 fully saturated rings. The van der Waals surface area contributed by atoms with Gasteiger partial charge in [-0.25, -0.2) is 4.98 Å². The lowest BCUT2D eigenvalue weighted by molar-refractivity contribution is -0.137. The van der Waals surface area contributed by atoms with Gasteiger partial charge in [0.1, 0.15) is 5.82 Å². The fraction of sp³-hybridized carbons (Fsp3) is 0.615. The highest BCUT2D eigenvalue weighted by molar-refractivity contribution is 9.10. The van der Waals surface area contributed by atoms with Crippen LogP contribution in [0.5, 0.6) is 0 Å². The van der Waals surface area contributed by atoms with Crippen LogP contribution in [0.1, 0.15) is 31.2 Å². The molecular formula is C13H17BrF3N3. The molecule has 2 rings (SSSR count). The third-order valence-electron chi connectivity index (χ3n) is 3.61. The molecular weight excluding hydrogens is 335 g/mol. The molecule has 1 aliphatic rings. The van der Waals surface area contributed by atoms with Crippen molar-refractivity contribution >= 4 is 21.7 Å². The third-order valence-corrected chi connectivity index (χ3v) is 4.04. The summed E-state index contributed by atoms with van der Waals surface area (Å²) >= 11 is 3.02. The van der Waals surface area contributed by atoms with E-state index in [9.17, 15) is 13.2 Å². The molecule has 0 saturated heterocycles. The zero-order chi connectivity index (χ0) is 14.8. The maximum absolute atomic E-state index is 12.9. The van der Waals surface area contributed by atoms with Gasteiger partial charge in [-0.1, -0.05) is 0 Å². The topological polar surface area (TPSA) is 50.9 Å². The van der Waals surface area contributed by atoms with Gasteiger partial charge in [0.2, 0.25) is 0 Å². The number of halogens is 4. The Kier molecular flexibility index (Phi) is 4.90. The van der Waals surface area contributed by atoms with Crippen molar-refractivity contribution in [1.29, 1.82) is 0 Å². The van der Waals surface area contributed by atoms with E-state index in [4.69, 9.17) is 5.73 Å². The van der Waals surface area contributed by atoms with Crippen LogP contribution in [0.4, 0.5) is 19.0 Å². The fourth-order valence-corrected chi connectivity index (χ4v) is 2.76. The second-order valence-corrected chi connectivity index (χ2v) is 6.12. The van der Waals surface area contributed by atoms with E-state index in [-0.39, 0.29) is 11.9 Å². The van der Waals surface area contributed by atoms with Gasteiger partial charge in [-0.2, -0.15) is 13.2 Å². The summed E-state index contributed by atoms with van der Waals surface area (Å²) in [6.07, 6.45) is 0.735. The molecule has 3 N–H and O–H groups in total. The minimum absolute atomic E-state index is 0.101. The predicted molar refractivity (Wildman–Crippen MR) is 75.4 cm³/mol. The smallest absolute Gasteiger partial charge is 0.369 e. The minimum Gasteiger partial charge on any atom is -0.369 e. The monoisotopic (exact) mass is 351 g/mol. The van der Waals surface area contributed by atoms with Gasteiger partial charge >= 0.3 is 6.18 Å². The largest absolute Gasteiger partial charge is 0.419 e. The Morgan fingerprint density at radius 3 is 2.55 bits per heavy atom. The Bertz CT molecular complexity index is 457. The minimum atomic E-state index is -4.41. The van der Waals surface area contributed by atoms with Crippen molar-refractivity contribution in [1.82, 2.24) is 4.98 Å². The van der Waals surface area contributed by atoms with Crippen molar-refractivity contribution in [2.75, 3.05) is 11.9 Å². The first-order valence-corrected chi connectivity index (χ1v) is 7.37. The molecule has 7 heteroatoms. The van der Waals surface area contributed by atoms with Crippen LogP contribution in [0.2, 0.25) is 0 Å². The molecule has 112 valence electrons. The van der Waals surface area contributed by atoms with Gasteiger partial charge in [0.15, 0.2) is 0 Å². The Labute approximate surface area is 124 Å². The lowest BCUT2D eigenvalue weighted by Gasteiger charge is -2.26. The van der Waals surface area contributed by atoms with Gasteiger partial charge in [-0.15, -0.1) is 0 Å². The summed E-state index contributed by atoms with van der Waals surface area (Å²) in [4.78, 5) is 3.84. The van der Waals surface area contributed by atoms with Crippen molar-refractivity contribution in [3.63, 3.8) is 0 Å². The number of aromatic nitrogens is 1. The highest BCUT2D eigenvalue weighted by atomic mass is 79.9. The molecule has 1 aromatic heterocycles. The van der Waals surface area contributed by atoms with Crippen molar-refractivity contribution in [2.24, 2.45) is 11.7 Å². The predicted octanol–water partition coefficient (Wildman–Crippen LogP) is 3.79. The molecule has 0 atom stereocenters. The summed E-state index contributed by atoms with van der Waals surface area (Å²) in [5.74, 6) is 0.261. The molecule has 0 aromatic carbocycles. The van der Waals surface area contributed by atoms with Gasteiger partial charge in [-0.3, -0.25) is 0 Å². The van der Waals surface area contributed by atoms with Crippen molar-refractivity contribution in [3.05, 3.63) is 22.3 Å². The van der Waals surface area contributed by atoms with Gasteiger partial charge < -0.3 is 11.1 Å². The van der Waals surface area contributed by atoms with Crippen molar-refractivity contribution < 1.29 is 13.2 Å². The van der Waals surface area contributed by atoms with Crippen LogP contribution in [0.15, 0.2) is 16.7 Å². The number of pyridine rings is 1. The molecule has 1 aliphatic carbocycles. The second-order valence-electron chi connectivity index (χ2n) is 5.21. The quantitative estimate of drug-likeness (QED) is 0.870. The van der Waals surface area contributed by atoms with Crippen LogP contribution >= 0.6 is 15.9 Å². The van der Waals surface area contributed by atoms with Gasteiger partial charge in [0.25, 0.3) is 0 Å². The van der Waals surface area contributed by atoms with Crippen molar-refractivity contribution in [2.45, 2.75) is 37.9 Å². The number of nitrogens with zero attached hydrogens (tertiary/aromatic N) is 1. The van der Waals surface area contributed by atoms with E-state index in [1.807, 2.05) is 0 Å². The van der Waals surface area contributed by atoms with E-state index in [2.05, 4.69) is 26.2 Å². The first-order valence-electron chi connectivity index (χ1n) is 6.58. The van der Waals surface area contributed by atoms with E-state index >= 15 is 0 Å². The molecule has 1 saturated carbocycles. The summed E-state index contributed by atoms with van der Waals surface area (Å²) in [5.41, 5.74) is 5.08. The maximum atomic E-state index is 12.9. The number of hydrogen-bond donors (Lipinski definition) is 2. The van der Waals surface area contributed by atoms with Crippen LogP contribution in [-0.4, -0.2) is 17.6 Å². The molecule has 20 heavy (non-hydrogen) atoms. The lowest BCUT2D eigenvalue weighted by atomic mass is 9.86. The average molecular weight is 352 g/mol. The van der Waals surface area contributed by atoms with E-state index in [1.165, 1.54) is 6.20 Å². The summed E-state index contributed by atoms with van der Waals surface area (Å²) < 4.78 is 39.1. The van der Waals surface area contributed by atoms with Crippen LogP contribution in [-0.2, 0) is 6.18 Å². The summed E-state index contributed by atoms with van der Waals surface area (Å²) in [7, 11) is 0.